The van der Waals surface area contributed by atoms with Gasteiger partial charge in [-0.25, -0.2) is 0 Å². The number of aryl methyl sites for hydroxylation is 1. The van der Waals surface area contributed by atoms with E-state index >= 15 is 0 Å². The molecule has 0 saturated carbocycles. The molecule has 0 fully saturated rings. The zero-order valence-electron chi connectivity index (χ0n) is 7.79. The van der Waals surface area contributed by atoms with Crippen LogP contribution in [0.1, 0.15) is 16.7 Å². The summed E-state index contributed by atoms with van der Waals surface area (Å²) >= 11 is 1.65. The van der Waals surface area contributed by atoms with E-state index < -0.39 is 0 Å². The van der Waals surface area contributed by atoms with Gasteiger partial charge in [-0.05, 0) is 16.7 Å². The summed E-state index contributed by atoms with van der Waals surface area (Å²) in [5.41, 5.74) is 5.97. The summed E-state index contributed by atoms with van der Waals surface area (Å²) in [5.74, 6) is 0.688. The van der Waals surface area contributed by atoms with E-state index in [2.05, 4.69) is 15.4 Å². The van der Waals surface area contributed by atoms with Crippen molar-refractivity contribution < 1.29 is 0 Å². The molecule has 14 heavy (non-hydrogen) atoms. The second kappa shape index (κ2) is 3.85. The summed E-state index contributed by atoms with van der Waals surface area (Å²) in [6.07, 6.45) is 0.633. The van der Waals surface area contributed by atoms with Gasteiger partial charge in [0.25, 0.3) is 0 Å². The summed E-state index contributed by atoms with van der Waals surface area (Å²) in [4.78, 5) is 2.59. The topological polar surface area (TPSA) is 69.6 Å². The Hall–Kier alpha value is -1.27. The van der Waals surface area contributed by atoms with Gasteiger partial charge in [-0.1, -0.05) is 6.07 Å². The molecule has 0 bridgehead atoms. The molecule has 6 heteroatoms. The fourth-order valence-electron chi connectivity index (χ4n) is 1.20. The van der Waals surface area contributed by atoms with Gasteiger partial charge in [-0.15, -0.1) is 21.5 Å². The van der Waals surface area contributed by atoms with E-state index in [1.165, 1.54) is 4.80 Å². The largest absolute Gasteiger partial charge is 0.323 e. The monoisotopic (exact) mass is 209 g/mol. The molecule has 0 saturated heterocycles. The number of tetrazole rings is 1. The molecule has 2 aromatic rings. The summed E-state index contributed by atoms with van der Waals surface area (Å²) in [5, 5.41) is 13.7. The molecule has 2 heterocycles. The third-order valence-corrected chi connectivity index (χ3v) is 2.87. The predicted octanol–water partition coefficient (Wildman–Crippen LogP) is 0.514. The average Bonchev–Trinajstić information content (AvgIpc) is 2.75. The lowest BCUT2D eigenvalue weighted by molar-refractivity contribution is 0.623. The SMILES string of the molecule is Cn1nnc(CC(N)c2cccs2)n1. The quantitative estimate of drug-likeness (QED) is 0.799. The van der Waals surface area contributed by atoms with Crippen molar-refractivity contribution in [3.8, 4) is 0 Å². The van der Waals surface area contributed by atoms with Gasteiger partial charge >= 0.3 is 0 Å². The summed E-state index contributed by atoms with van der Waals surface area (Å²) in [6.45, 7) is 0. The van der Waals surface area contributed by atoms with Crippen molar-refractivity contribution in [2.75, 3.05) is 0 Å². The second-order valence-electron chi connectivity index (χ2n) is 3.02. The Bertz CT molecular complexity index is 394. The predicted molar refractivity (Wildman–Crippen MR) is 53.7 cm³/mol. The van der Waals surface area contributed by atoms with Gasteiger partial charge in [-0.2, -0.15) is 4.80 Å². The van der Waals surface area contributed by atoms with E-state index in [9.17, 15) is 0 Å². The highest BCUT2D eigenvalue weighted by Gasteiger charge is 2.11. The van der Waals surface area contributed by atoms with Gasteiger partial charge in [0.1, 0.15) is 0 Å². The molecule has 1 unspecified atom stereocenters. The molecule has 0 radical (unpaired) electrons. The van der Waals surface area contributed by atoms with Crippen LogP contribution in [0, 0.1) is 0 Å². The van der Waals surface area contributed by atoms with Crippen molar-refractivity contribution in [1.82, 2.24) is 20.2 Å². The van der Waals surface area contributed by atoms with Gasteiger partial charge in [0.15, 0.2) is 5.82 Å². The van der Waals surface area contributed by atoms with E-state index in [1.807, 2.05) is 17.5 Å². The lowest BCUT2D eigenvalue weighted by atomic mass is 10.2. The smallest absolute Gasteiger partial charge is 0.176 e. The molecule has 0 aliphatic carbocycles. The maximum atomic E-state index is 5.97. The van der Waals surface area contributed by atoms with Crippen LogP contribution in [0.25, 0.3) is 0 Å². The maximum absolute atomic E-state index is 5.97. The summed E-state index contributed by atoms with van der Waals surface area (Å²) in [6, 6.07) is 3.98. The average molecular weight is 209 g/mol. The third kappa shape index (κ3) is 1.97. The number of aromatic nitrogens is 4. The molecule has 0 aromatic carbocycles. The van der Waals surface area contributed by atoms with Crippen molar-refractivity contribution in [2.24, 2.45) is 12.8 Å². The molecular formula is C8H11N5S. The Labute approximate surface area is 85.5 Å². The second-order valence-corrected chi connectivity index (χ2v) is 4.00. The number of thiophene rings is 1. The Balaban J connectivity index is 2.05. The van der Waals surface area contributed by atoms with Crippen LogP contribution in [0.4, 0.5) is 0 Å². The van der Waals surface area contributed by atoms with E-state index in [0.717, 1.165) is 4.88 Å². The lowest BCUT2D eigenvalue weighted by Gasteiger charge is -2.04. The van der Waals surface area contributed by atoms with Crippen molar-refractivity contribution in [3.05, 3.63) is 28.2 Å². The Kier molecular flexibility index (Phi) is 2.55. The molecule has 0 amide bonds. The first-order valence-corrected chi connectivity index (χ1v) is 5.15. The molecule has 2 aromatic heterocycles. The molecule has 2 N–H and O–H groups in total. The number of nitrogens with two attached hydrogens (primary N) is 1. The minimum Gasteiger partial charge on any atom is -0.323 e. The maximum Gasteiger partial charge on any atom is 0.176 e. The molecule has 2 rings (SSSR count). The van der Waals surface area contributed by atoms with Gasteiger partial charge in [0.2, 0.25) is 0 Å². The zero-order valence-corrected chi connectivity index (χ0v) is 8.61. The van der Waals surface area contributed by atoms with Crippen molar-refractivity contribution >= 4 is 11.3 Å². The van der Waals surface area contributed by atoms with E-state index in [-0.39, 0.29) is 6.04 Å². The van der Waals surface area contributed by atoms with E-state index in [1.54, 1.807) is 18.4 Å². The molecule has 5 nitrogen and oxygen atoms in total. The lowest BCUT2D eigenvalue weighted by Crippen LogP contribution is -2.12. The van der Waals surface area contributed by atoms with Crippen LogP contribution in [0.5, 0.6) is 0 Å². The standard InChI is InChI=1S/C8H11N5S/c1-13-11-8(10-12-13)5-6(9)7-3-2-4-14-7/h2-4,6H,5,9H2,1H3. The van der Waals surface area contributed by atoms with E-state index in [4.69, 9.17) is 5.73 Å². The molecule has 0 aliphatic heterocycles. The van der Waals surface area contributed by atoms with E-state index in [0.29, 0.717) is 12.2 Å². The highest BCUT2D eigenvalue weighted by atomic mass is 32.1. The Morgan fingerprint density at radius 2 is 2.50 bits per heavy atom. The van der Waals surface area contributed by atoms with Crippen molar-refractivity contribution in [1.29, 1.82) is 0 Å². The van der Waals surface area contributed by atoms with Crippen molar-refractivity contribution in [2.45, 2.75) is 12.5 Å². The van der Waals surface area contributed by atoms with Gasteiger partial charge in [0, 0.05) is 17.3 Å². The Morgan fingerprint density at radius 3 is 3.07 bits per heavy atom. The van der Waals surface area contributed by atoms with Crippen LogP contribution in [0.15, 0.2) is 17.5 Å². The fourth-order valence-corrected chi connectivity index (χ4v) is 1.93. The van der Waals surface area contributed by atoms with Crippen LogP contribution in [-0.2, 0) is 13.5 Å². The highest BCUT2D eigenvalue weighted by Crippen LogP contribution is 2.18. The van der Waals surface area contributed by atoms with Gasteiger partial charge in [0.05, 0.1) is 7.05 Å². The van der Waals surface area contributed by atoms with Crippen LogP contribution in [-0.4, -0.2) is 20.2 Å². The fraction of sp³-hybridized carbons (Fsp3) is 0.375. The van der Waals surface area contributed by atoms with Crippen LogP contribution in [0.3, 0.4) is 0 Å². The molecule has 74 valence electrons. The molecule has 0 spiro atoms. The van der Waals surface area contributed by atoms with Crippen LogP contribution in [0.2, 0.25) is 0 Å². The first-order valence-electron chi connectivity index (χ1n) is 4.27. The third-order valence-electron chi connectivity index (χ3n) is 1.86. The van der Waals surface area contributed by atoms with Crippen LogP contribution >= 0.6 is 11.3 Å². The van der Waals surface area contributed by atoms with Crippen molar-refractivity contribution in [3.63, 3.8) is 0 Å². The summed E-state index contributed by atoms with van der Waals surface area (Å²) < 4.78 is 0. The number of rotatable bonds is 3. The van der Waals surface area contributed by atoms with Gasteiger partial charge < -0.3 is 5.73 Å². The molecular weight excluding hydrogens is 198 g/mol. The first kappa shape index (κ1) is 9.29. The highest BCUT2D eigenvalue weighted by molar-refractivity contribution is 7.10. The number of hydrogen-bond acceptors (Lipinski definition) is 5. The normalized spacial score (nSPS) is 13.0. The summed E-state index contributed by atoms with van der Waals surface area (Å²) in [7, 11) is 1.74. The first-order chi connectivity index (χ1) is 6.75. The molecule has 0 aliphatic rings. The minimum absolute atomic E-state index is 0.0285. The number of hydrogen-bond donors (Lipinski definition) is 1. The molecule has 1 atom stereocenters. The van der Waals surface area contributed by atoms with Gasteiger partial charge in [-0.3, -0.25) is 0 Å². The number of nitrogens with zero attached hydrogens (tertiary/aromatic N) is 4. The van der Waals surface area contributed by atoms with Crippen LogP contribution < -0.4 is 5.73 Å². The minimum atomic E-state index is -0.0285. The zero-order chi connectivity index (χ0) is 9.97. The Morgan fingerprint density at radius 1 is 1.64 bits per heavy atom.